The first-order valence-electron chi connectivity index (χ1n) is 7.85. The number of rotatable bonds is 5. The molecule has 2 heterocycles. The van der Waals surface area contributed by atoms with Gasteiger partial charge in [-0.3, -0.25) is 0 Å². The summed E-state index contributed by atoms with van der Waals surface area (Å²) in [5, 5.41) is 0. The fraction of sp³-hybridized carbons (Fsp3) is 0.333. The first-order valence-corrected chi connectivity index (χ1v) is 8.84. The quantitative estimate of drug-likeness (QED) is 0.566. The zero-order chi connectivity index (χ0) is 16.4. The van der Waals surface area contributed by atoms with E-state index in [4.69, 9.17) is 5.73 Å². The summed E-state index contributed by atoms with van der Waals surface area (Å²) in [5.41, 5.74) is 10.2. The van der Waals surface area contributed by atoms with Crippen LogP contribution in [-0.2, 0) is 6.54 Å². The van der Waals surface area contributed by atoms with Gasteiger partial charge >= 0.3 is 0 Å². The number of hydrogen-bond donors (Lipinski definition) is 1. The Bertz CT molecular complexity index is 824. The van der Waals surface area contributed by atoms with Gasteiger partial charge in [-0.15, -0.1) is 11.8 Å². The van der Waals surface area contributed by atoms with Gasteiger partial charge in [-0.1, -0.05) is 18.2 Å². The monoisotopic (exact) mass is 326 g/mol. The maximum absolute atomic E-state index is 6.05. The molecule has 3 rings (SSSR count). The zero-order valence-electron chi connectivity index (χ0n) is 13.8. The van der Waals surface area contributed by atoms with Crippen molar-refractivity contribution in [2.75, 3.05) is 11.5 Å². The van der Waals surface area contributed by atoms with Crippen LogP contribution in [-0.4, -0.2) is 20.3 Å². The number of aryl methyl sites for hydroxylation is 4. The largest absolute Gasteiger partial charge is 0.382 e. The average molecular weight is 326 g/mol. The summed E-state index contributed by atoms with van der Waals surface area (Å²) >= 11 is 1.89. The van der Waals surface area contributed by atoms with Crippen LogP contribution in [0.25, 0.3) is 11.0 Å². The standard InChI is InChI=1S/C18H22N4S/c1-12-13(2)20-18(19)16-17(12)22(14(3)21-16)10-7-11-23-15-8-5-4-6-9-15/h4-6,8-9H,7,10-11H2,1-3H3,(H2,19,20). The van der Waals surface area contributed by atoms with E-state index in [1.54, 1.807) is 0 Å². The van der Waals surface area contributed by atoms with Gasteiger partial charge in [-0.05, 0) is 50.6 Å². The smallest absolute Gasteiger partial charge is 0.151 e. The lowest BCUT2D eigenvalue weighted by atomic mass is 10.2. The Balaban J connectivity index is 1.76. The molecular formula is C18H22N4S. The molecule has 1 aromatic carbocycles. The Labute approximate surface area is 141 Å². The molecule has 2 aromatic heterocycles. The molecular weight excluding hydrogens is 304 g/mol. The lowest BCUT2D eigenvalue weighted by molar-refractivity contribution is 0.679. The molecule has 0 bridgehead atoms. The highest BCUT2D eigenvalue weighted by atomic mass is 32.2. The number of anilines is 1. The summed E-state index contributed by atoms with van der Waals surface area (Å²) in [4.78, 5) is 10.3. The van der Waals surface area contributed by atoms with Crippen molar-refractivity contribution in [2.45, 2.75) is 38.6 Å². The van der Waals surface area contributed by atoms with E-state index in [1.165, 1.54) is 10.5 Å². The predicted octanol–water partition coefficient (Wildman–Crippen LogP) is 4.12. The van der Waals surface area contributed by atoms with Gasteiger partial charge in [0.2, 0.25) is 0 Å². The highest BCUT2D eigenvalue weighted by molar-refractivity contribution is 7.99. The van der Waals surface area contributed by atoms with Crippen molar-refractivity contribution in [3.63, 3.8) is 0 Å². The Kier molecular flexibility index (Phi) is 4.57. The molecule has 0 aliphatic rings. The lowest BCUT2D eigenvalue weighted by Crippen LogP contribution is -2.04. The molecule has 0 amide bonds. The summed E-state index contributed by atoms with van der Waals surface area (Å²) in [6.45, 7) is 7.09. The van der Waals surface area contributed by atoms with Gasteiger partial charge in [-0.2, -0.15) is 0 Å². The second-order valence-corrected chi connectivity index (χ2v) is 6.90. The SMILES string of the molecule is Cc1nc(N)c2nc(C)n(CCCSc3ccccc3)c2c1C. The van der Waals surface area contributed by atoms with Gasteiger partial charge in [-0.25, -0.2) is 9.97 Å². The fourth-order valence-electron chi connectivity index (χ4n) is 2.82. The fourth-order valence-corrected chi connectivity index (χ4v) is 3.67. The summed E-state index contributed by atoms with van der Waals surface area (Å²) in [5.74, 6) is 2.62. The van der Waals surface area contributed by atoms with E-state index in [-0.39, 0.29) is 0 Å². The van der Waals surface area contributed by atoms with Crippen LogP contribution in [0.15, 0.2) is 35.2 Å². The highest BCUT2D eigenvalue weighted by Gasteiger charge is 2.15. The van der Waals surface area contributed by atoms with Gasteiger partial charge in [0.1, 0.15) is 11.3 Å². The molecule has 4 nitrogen and oxygen atoms in total. The molecule has 0 saturated heterocycles. The maximum atomic E-state index is 6.05. The van der Waals surface area contributed by atoms with Crippen molar-refractivity contribution in [2.24, 2.45) is 0 Å². The van der Waals surface area contributed by atoms with E-state index in [0.717, 1.165) is 41.3 Å². The lowest BCUT2D eigenvalue weighted by Gasteiger charge is -2.10. The first-order chi connectivity index (χ1) is 11.1. The molecule has 23 heavy (non-hydrogen) atoms. The number of aromatic nitrogens is 3. The van der Waals surface area contributed by atoms with Gasteiger partial charge < -0.3 is 10.3 Å². The minimum absolute atomic E-state index is 0.531. The molecule has 0 atom stereocenters. The van der Waals surface area contributed by atoms with Gasteiger partial charge in [0.25, 0.3) is 0 Å². The molecule has 120 valence electrons. The second kappa shape index (κ2) is 6.62. The third kappa shape index (κ3) is 3.20. The number of thioether (sulfide) groups is 1. The predicted molar refractivity (Wildman–Crippen MR) is 97.9 cm³/mol. The molecule has 0 radical (unpaired) electrons. The van der Waals surface area contributed by atoms with Crippen molar-refractivity contribution in [1.82, 2.24) is 14.5 Å². The second-order valence-electron chi connectivity index (χ2n) is 5.73. The molecule has 0 aliphatic heterocycles. The number of hydrogen-bond acceptors (Lipinski definition) is 4. The van der Waals surface area contributed by atoms with E-state index in [2.05, 4.69) is 51.8 Å². The molecule has 0 unspecified atom stereocenters. The van der Waals surface area contributed by atoms with Crippen molar-refractivity contribution < 1.29 is 0 Å². The van der Waals surface area contributed by atoms with E-state index in [9.17, 15) is 0 Å². The maximum Gasteiger partial charge on any atom is 0.151 e. The number of pyridine rings is 1. The third-order valence-corrected chi connectivity index (χ3v) is 5.22. The van der Waals surface area contributed by atoms with Crippen molar-refractivity contribution in [1.29, 1.82) is 0 Å². The Morgan fingerprint density at radius 1 is 1.09 bits per heavy atom. The normalized spacial score (nSPS) is 11.3. The van der Waals surface area contributed by atoms with Gasteiger partial charge in [0, 0.05) is 17.1 Å². The molecule has 0 saturated carbocycles. The molecule has 0 fully saturated rings. The van der Waals surface area contributed by atoms with Gasteiger partial charge in [0.15, 0.2) is 5.82 Å². The van der Waals surface area contributed by atoms with Crippen LogP contribution in [0.2, 0.25) is 0 Å². The van der Waals surface area contributed by atoms with Crippen molar-refractivity contribution in [3.8, 4) is 0 Å². The van der Waals surface area contributed by atoms with Crippen molar-refractivity contribution in [3.05, 3.63) is 47.4 Å². The Morgan fingerprint density at radius 2 is 1.83 bits per heavy atom. The highest BCUT2D eigenvalue weighted by Crippen LogP contribution is 2.26. The van der Waals surface area contributed by atoms with E-state index >= 15 is 0 Å². The summed E-state index contributed by atoms with van der Waals surface area (Å²) in [6, 6.07) is 10.5. The van der Waals surface area contributed by atoms with Crippen LogP contribution < -0.4 is 5.73 Å². The van der Waals surface area contributed by atoms with E-state index in [0.29, 0.717) is 5.82 Å². The minimum atomic E-state index is 0.531. The van der Waals surface area contributed by atoms with Crippen LogP contribution in [0.4, 0.5) is 5.82 Å². The summed E-state index contributed by atoms with van der Waals surface area (Å²) in [7, 11) is 0. The molecule has 3 aromatic rings. The van der Waals surface area contributed by atoms with Crippen LogP contribution in [0, 0.1) is 20.8 Å². The number of nitrogens with zero attached hydrogens (tertiary/aromatic N) is 3. The topological polar surface area (TPSA) is 56.7 Å². The Hall–Kier alpha value is -2.01. The first kappa shape index (κ1) is 15.9. The molecule has 5 heteroatoms. The molecule has 0 aliphatic carbocycles. The van der Waals surface area contributed by atoms with Crippen LogP contribution in [0.5, 0.6) is 0 Å². The number of nitrogens with two attached hydrogens (primary N) is 1. The average Bonchev–Trinajstić information content (AvgIpc) is 2.88. The third-order valence-electron chi connectivity index (χ3n) is 4.13. The molecule has 0 spiro atoms. The van der Waals surface area contributed by atoms with Crippen LogP contribution in [0.3, 0.4) is 0 Å². The number of benzene rings is 1. The zero-order valence-corrected chi connectivity index (χ0v) is 14.7. The number of imidazole rings is 1. The Morgan fingerprint density at radius 3 is 2.57 bits per heavy atom. The van der Waals surface area contributed by atoms with Crippen LogP contribution >= 0.6 is 11.8 Å². The molecule has 2 N–H and O–H groups in total. The summed E-state index contributed by atoms with van der Waals surface area (Å²) < 4.78 is 2.28. The summed E-state index contributed by atoms with van der Waals surface area (Å²) in [6.07, 6.45) is 1.09. The van der Waals surface area contributed by atoms with Gasteiger partial charge in [0.05, 0.1) is 5.52 Å². The van der Waals surface area contributed by atoms with E-state index < -0.39 is 0 Å². The number of nitrogen functional groups attached to an aromatic ring is 1. The van der Waals surface area contributed by atoms with Crippen LogP contribution in [0.1, 0.15) is 23.5 Å². The van der Waals surface area contributed by atoms with E-state index in [1.807, 2.05) is 25.6 Å². The van der Waals surface area contributed by atoms with Crippen molar-refractivity contribution >= 4 is 28.6 Å². The minimum Gasteiger partial charge on any atom is -0.382 e. The number of fused-ring (bicyclic) bond motifs is 1.